The lowest BCUT2D eigenvalue weighted by atomic mass is 9.83. The molecule has 1 aliphatic heterocycles. The summed E-state index contributed by atoms with van der Waals surface area (Å²) in [7, 11) is 0. The van der Waals surface area contributed by atoms with Gasteiger partial charge in [0.25, 0.3) is 0 Å². The van der Waals surface area contributed by atoms with Gasteiger partial charge in [0.1, 0.15) is 11.4 Å². The van der Waals surface area contributed by atoms with Crippen LogP contribution in [0.4, 0.5) is 0 Å². The Labute approximate surface area is 144 Å². The molecule has 23 heavy (non-hydrogen) atoms. The van der Waals surface area contributed by atoms with E-state index in [0.29, 0.717) is 5.92 Å². The molecule has 1 saturated heterocycles. The second-order valence-corrected chi connectivity index (χ2v) is 8.30. The number of nitrogens with one attached hydrogen (secondary N) is 1. The number of rotatable bonds is 5. The average Bonchev–Trinajstić information content (AvgIpc) is 3.12. The maximum absolute atomic E-state index is 6.63. The van der Waals surface area contributed by atoms with Crippen LogP contribution in [0.3, 0.4) is 0 Å². The Bertz CT molecular complexity index is 543. The van der Waals surface area contributed by atoms with Crippen molar-refractivity contribution in [3.05, 3.63) is 28.8 Å². The summed E-state index contributed by atoms with van der Waals surface area (Å²) in [5.74, 6) is 2.55. The predicted octanol–water partition coefficient (Wildman–Crippen LogP) is 5.30. The van der Waals surface area contributed by atoms with Crippen molar-refractivity contribution in [3.8, 4) is 5.75 Å². The second kappa shape index (κ2) is 6.64. The molecule has 3 aliphatic rings. The van der Waals surface area contributed by atoms with Crippen molar-refractivity contribution in [2.75, 3.05) is 13.1 Å². The number of hydrogen-bond donors (Lipinski definition) is 1. The quantitative estimate of drug-likeness (QED) is 0.789. The average molecular weight is 334 g/mol. The number of hydrogen-bond acceptors (Lipinski definition) is 2. The Kier molecular flexibility index (Phi) is 4.56. The van der Waals surface area contributed by atoms with Gasteiger partial charge in [-0.3, -0.25) is 0 Å². The van der Waals surface area contributed by atoms with E-state index in [4.69, 9.17) is 16.3 Å². The minimum atomic E-state index is 0.119. The molecule has 3 heteroatoms. The van der Waals surface area contributed by atoms with Crippen molar-refractivity contribution in [2.45, 2.75) is 69.3 Å². The molecule has 0 radical (unpaired) electrons. The normalized spacial score (nSPS) is 27.1. The van der Waals surface area contributed by atoms with Gasteiger partial charge in [0.15, 0.2) is 0 Å². The predicted molar refractivity (Wildman–Crippen MR) is 95.5 cm³/mol. The van der Waals surface area contributed by atoms with Crippen molar-refractivity contribution in [1.82, 2.24) is 5.32 Å². The lowest BCUT2D eigenvalue weighted by molar-refractivity contribution is 0.145. The van der Waals surface area contributed by atoms with Gasteiger partial charge in [0.05, 0.1) is 0 Å². The molecule has 0 bridgehead atoms. The highest BCUT2D eigenvalue weighted by atomic mass is 35.5. The molecule has 1 heterocycles. The summed E-state index contributed by atoms with van der Waals surface area (Å²) in [6, 6.07) is 6.29. The molecular weight excluding hydrogens is 306 g/mol. The molecule has 0 amide bonds. The van der Waals surface area contributed by atoms with E-state index < -0.39 is 0 Å². The van der Waals surface area contributed by atoms with Gasteiger partial charge >= 0.3 is 0 Å². The summed E-state index contributed by atoms with van der Waals surface area (Å²) in [6.45, 7) is 2.34. The standard InChI is InChI=1S/C20H28ClNO/c21-17-6-7-19(18(12-17)16-4-2-1-3-5-16)23-20(9-10-20)13-15-8-11-22-14-15/h6-7,12,15-16,22H,1-5,8-11,13-14H2. The van der Waals surface area contributed by atoms with E-state index in [0.717, 1.165) is 16.7 Å². The van der Waals surface area contributed by atoms with Gasteiger partial charge in [-0.15, -0.1) is 0 Å². The number of halogens is 1. The van der Waals surface area contributed by atoms with Gasteiger partial charge in [-0.25, -0.2) is 0 Å². The van der Waals surface area contributed by atoms with Crippen molar-refractivity contribution in [1.29, 1.82) is 0 Å². The van der Waals surface area contributed by atoms with Crippen LogP contribution in [-0.4, -0.2) is 18.7 Å². The summed E-state index contributed by atoms with van der Waals surface area (Å²) in [4.78, 5) is 0. The molecule has 1 aromatic rings. The minimum absolute atomic E-state index is 0.119. The van der Waals surface area contributed by atoms with E-state index in [1.165, 1.54) is 76.4 Å². The van der Waals surface area contributed by atoms with Gasteiger partial charge in [0, 0.05) is 5.02 Å². The van der Waals surface area contributed by atoms with Crippen molar-refractivity contribution >= 4 is 11.6 Å². The van der Waals surface area contributed by atoms with Crippen LogP contribution in [0.25, 0.3) is 0 Å². The zero-order valence-electron chi connectivity index (χ0n) is 14.0. The molecule has 1 unspecified atom stereocenters. The van der Waals surface area contributed by atoms with Crippen molar-refractivity contribution in [2.24, 2.45) is 5.92 Å². The smallest absolute Gasteiger partial charge is 0.123 e. The van der Waals surface area contributed by atoms with Crippen LogP contribution in [0.1, 0.15) is 69.3 Å². The molecule has 1 aromatic carbocycles. The maximum atomic E-state index is 6.63. The van der Waals surface area contributed by atoms with E-state index in [1.807, 2.05) is 6.07 Å². The SMILES string of the molecule is Clc1ccc(OC2(CC3CCNC3)CC2)c(C2CCCCC2)c1. The second-order valence-electron chi connectivity index (χ2n) is 7.87. The topological polar surface area (TPSA) is 21.3 Å². The van der Waals surface area contributed by atoms with Gasteiger partial charge in [-0.2, -0.15) is 0 Å². The molecular formula is C20H28ClNO. The molecule has 4 rings (SSSR count). The van der Waals surface area contributed by atoms with E-state index in [-0.39, 0.29) is 5.60 Å². The fourth-order valence-electron chi connectivity index (χ4n) is 4.48. The molecule has 126 valence electrons. The van der Waals surface area contributed by atoms with Crippen LogP contribution in [0, 0.1) is 5.92 Å². The zero-order chi connectivity index (χ0) is 15.7. The Morgan fingerprint density at radius 3 is 2.65 bits per heavy atom. The van der Waals surface area contributed by atoms with Crippen LogP contribution in [0.5, 0.6) is 5.75 Å². The maximum Gasteiger partial charge on any atom is 0.123 e. The Balaban J connectivity index is 1.51. The molecule has 2 saturated carbocycles. The first-order chi connectivity index (χ1) is 11.2. The van der Waals surface area contributed by atoms with Crippen LogP contribution in [0.15, 0.2) is 18.2 Å². The fourth-order valence-corrected chi connectivity index (χ4v) is 4.66. The van der Waals surface area contributed by atoms with Crippen LogP contribution in [-0.2, 0) is 0 Å². The van der Waals surface area contributed by atoms with Crippen molar-refractivity contribution < 1.29 is 4.74 Å². The third kappa shape index (κ3) is 3.69. The Morgan fingerprint density at radius 1 is 1.13 bits per heavy atom. The van der Waals surface area contributed by atoms with E-state index in [2.05, 4.69) is 17.4 Å². The first-order valence-electron chi connectivity index (χ1n) is 9.43. The lowest BCUT2D eigenvalue weighted by Crippen LogP contribution is -2.24. The van der Waals surface area contributed by atoms with Gasteiger partial charge in [0.2, 0.25) is 0 Å². The van der Waals surface area contributed by atoms with Gasteiger partial charge in [-0.1, -0.05) is 30.9 Å². The zero-order valence-corrected chi connectivity index (χ0v) is 14.7. The first-order valence-corrected chi connectivity index (χ1v) is 9.81. The number of benzene rings is 1. The van der Waals surface area contributed by atoms with Crippen LogP contribution >= 0.6 is 11.6 Å². The summed E-state index contributed by atoms with van der Waals surface area (Å²) in [5.41, 5.74) is 1.49. The summed E-state index contributed by atoms with van der Waals surface area (Å²) in [6.07, 6.45) is 11.6. The first kappa shape index (κ1) is 15.8. The Hall–Kier alpha value is -0.730. The highest BCUT2D eigenvalue weighted by Crippen LogP contribution is 2.48. The third-order valence-corrected chi connectivity index (χ3v) is 6.21. The van der Waals surface area contributed by atoms with Crippen molar-refractivity contribution in [3.63, 3.8) is 0 Å². The molecule has 1 N–H and O–H groups in total. The fraction of sp³-hybridized carbons (Fsp3) is 0.700. The van der Waals surface area contributed by atoms with Crippen LogP contribution < -0.4 is 10.1 Å². The lowest BCUT2D eigenvalue weighted by Gasteiger charge is -2.28. The molecule has 0 spiro atoms. The minimum Gasteiger partial charge on any atom is -0.487 e. The monoisotopic (exact) mass is 333 g/mol. The molecule has 2 nitrogen and oxygen atoms in total. The van der Waals surface area contributed by atoms with Gasteiger partial charge < -0.3 is 10.1 Å². The van der Waals surface area contributed by atoms with E-state index >= 15 is 0 Å². The Morgan fingerprint density at radius 2 is 1.96 bits per heavy atom. The summed E-state index contributed by atoms with van der Waals surface area (Å²) in [5, 5.41) is 4.33. The molecule has 2 aliphatic carbocycles. The van der Waals surface area contributed by atoms with Gasteiger partial charge in [-0.05, 0) is 87.2 Å². The van der Waals surface area contributed by atoms with E-state index in [9.17, 15) is 0 Å². The van der Waals surface area contributed by atoms with Crippen LogP contribution in [0.2, 0.25) is 5.02 Å². The largest absolute Gasteiger partial charge is 0.487 e. The summed E-state index contributed by atoms with van der Waals surface area (Å²) < 4.78 is 6.63. The number of ether oxygens (including phenoxy) is 1. The van der Waals surface area contributed by atoms with E-state index in [1.54, 1.807) is 0 Å². The molecule has 3 fully saturated rings. The highest BCUT2D eigenvalue weighted by molar-refractivity contribution is 6.30. The molecule has 0 aromatic heterocycles. The highest BCUT2D eigenvalue weighted by Gasteiger charge is 2.47. The summed E-state index contributed by atoms with van der Waals surface area (Å²) >= 11 is 6.30. The molecule has 1 atom stereocenters. The third-order valence-electron chi connectivity index (χ3n) is 5.97.